The van der Waals surface area contributed by atoms with Crippen molar-refractivity contribution in [2.24, 2.45) is 0 Å². The van der Waals surface area contributed by atoms with Gasteiger partial charge >= 0.3 is 0 Å². The number of hydrogen-bond donors (Lipinski definition) is 1. The van der Waals surface area contributed by atoms with E-state index in [0.717, 1.165) is 133 Å². The van der Waals surface area contributed by atoms with E-state index in [4.69, 9.17) is 82.9 Å². The van der Waals surface area contributed by atoms with E-state index in [1.54, 1.807) is 0 Å². The van der Waals surface area contributed by atoms with Gasteiger partial charge in [-0.25, -0.2) is 44.9 Å². The molecule has 0 radical (unpaired) electrons. The first-order valence-electron chi connectivity index (χ1n) is 36.2. The van der Waals surface area contributed by atoms with Crippen LogP contribution in [-0.4, -0.2) is 54.4 Å². The summed E-state index contributed by atoms with van der Waals surface area (Å²) in [7, 11) is 0. The maximum absolute atomic E-state index is 6.02. The van der Waals surface area contributed by atoms with E-state index in [1.807, 2.05) is 340 Å². The van der Waals surface area contributed by atoms with Crippen molar-refractivity contribution in [3.63, 3.8) is 0 Å². The van der Waals surface area contributed by atoms with Gasteiger partial charge in [0.05, 0.1) is 44.8 Å². The molecule has 544 valence electrons. The van der Waals surface area contributed by atoms with Crippen LogP contribution in [0, 0.1) is 0 Å². The Morgan fingerprint density at radius 2 is 0.469 bits per heavy atom. The molecule has 19 aromatic rings. The van der Waals surface area contributed by atoms with Crippen LogP contribution in [0.15, 0.2) is 394 Å². The molecule has 0 aliphatic rings. The number of aromatic amines is 1. The number of benzene rings is 14. The molecule has 0 spiro atoms. The average Bonchev–Trinajstić information content (AvgIpc) is 1.61. The first-order chi connectivity index (χ1) is 55.5. The topological polar surface area (TPSA) is 137 Å². The quantitative estimate of drug-likeness (QED) is 0.127. The molecule has 5 aromatic heterocycles. The van der Waals surface area contributed by atoms with Crippen LogP contribution in [0.4, 0.5) is 0 Å². The molecule has 0 unspecified atom stereocenters. The Morgan fingerprint density at radius 1 is 0.204 bits per heavy atom. The molecule has 0 bridgehead atoms. The van der Waals surface area contributed by atoms with Gasteiger partial charge in [-0.3, -0.25) is 4.57 Å². The largest absolute Gasteiger partial charge is 0.338 e. The summed E-state index contributed by atoms with van der Waals surface area (Å²) in [6.07, 6.45) is 0. The van der Waals surface area contributed by atoms with Crippen LogP contribution in [0.3, 0.4) is 0 Å². The fourth-order valence-electron chi connectivity index (χ4n) is 12.3. The Hall–Kier alpha value is -13.4. The first kappa shape index (κ1) is 75.1. The van der Waals surface area contributed by atoms with Crippen LogP contribution >= 0.6 is 58.0 Å². The molecule has 5 heterocycles. The molecular formula is C97H66Cl5N11. The lowest BCUT2D eigenvalue weighted by Gasteiger charge is -2.09. The molecule has 113 heavy (non-hydrogen) atoms. The van der Waals surface area contributed by atoms with Gasteiger partial charge in [-0.15, -0.1) is 0 Å². The third-order valence-electron chi connectivity index (χ3n) is 17.9. The number of hydrogen-bond acceptors (Lipinski definition) is 9. The maximum Gasteiger partial charge on any atom is 0.164 e. The number of rotatable bonds is 12. The van der Waals surface area contributed by atoms with Crippen molar-refractivity contribution in [1.82, 2.24) is 54.4 Å². The predicted molar refractivity (Wildman–Crippen MR) is 466 cm³/mol. The summed E-state index contributed by atoms with van der Waals surface area (Å²) in [5, 5.41) is 3.56. The summed E-state index contributed by atoms with van der Waals surface area (Å²) in [6.45, 7) is 0. The molecule has 11 nitrogen and oxygen atoms in total. The summed E-state index contributed by atoms with van der Waals surface area (Å²) in [4.78, 5) is 45.7. The van der Waals surface area contributed by atoms with Crippen LogP contribution in [-0.2, 0) is 0 Å². The highest BCUT2D eigenvalue weighted by Gasteiger charge is 2.17. The zero-order valence-electron chi connectivity index (χ0n) is 60.4. The minimum Gasteiger partial charge on any atom is -0.338 e. The Bertz CT molecular complexity index is 5690. The van der Waals surface area contributed by atoms with Crippen LogP contribution in [0.1, 0.15) is 0 Å². The molecule has 0 aliphatic carbocycles. The number of para-hydroxylation sites is 5. The highest BCUT2D eigenvalue weighted by molar-refractivity contribution is 6.32. The number of halogens is 5. The van der Waals surface area contributed by atoms with Gasteiger partial charge in [0, 0.05) is 92.0 Å². The molecule has 0 aliphatic heterocycles. The van der Waals surface area contributed by atoms with Crippen molar-refractivity contribution in [1.29, 1.82) is 0 Å². The van der Waals surface area contributed by atoms with Crippen molar-refractivity contribution in [3.8, 4) is 130 Å². The van der Waals surface area contributed by atoms with E-state index in [1.165, 1.54) is 0 Å². The summed E-state index contributed by atoms with van der Waals surface area (Å²) in [5.41, 5.74) is 19.8. The fourth-order valence-corrected chi connectivity index (χ4v) is 12.9. The second-order valence-electron chi connectivity index (χ2n) is 25.7. The second-order valence-corrected chi connectivity index (χ2v) is 27.8. The van der Waals surface area contributed by atoms with Gasteiger partial charge < -0.3 is 4.98 Å². The minimum absolute atomic E-state index is 0.629. The summed E-state index contributed by atoms with van der Waals surface area (Å²) in [5.74, 6) is 5.13. The SMILES string of the molecule is Clc1ccc(-c2cc(-c3ccccc3)nc(-c3ccccc3)n2)cc1.Clc1ccc(-c2nc(-c3ccccc3)cc(-c3ccccc3)n2)cc1.Clc1ccc(-c2nc(-c3ccccc3)nc(-c3ccccc3)n2)cc1.Clc1ccc(-c2nc3ccccc3[nH]2)cc1.Clc1ccc(-c2nc3ccccc3n2-c2ccccc2)cc1. The molecule has 0 saturated heterocycles. The van der Waals surface area contributed by atoms with Gasteiger partial charge in [0.15, 0.2) is 29.1 Å². The number of fused-ring (bicyclic) bond motifs is 2. The highest BCUT2D eigenvalue weighted by atomic mass is 35.5. The minimum atomic E-state index is 0.629. The Labute approximate surface area is 679 Å². The van der Waals surface area contributed by atoms with Gasteiger partial charge in [0.25, 0.3) is 0 Å². The van der Waals surface area contributed by atoms with E-state index in [2.05, 4.69) is 84.1 Å². The molecule has 0 atom stereocenters. The number of nitrogens with one attached hydrogen (secondary N) is 1. The van der Waals surface area contributed by atoms with Gasteiger partial charge in [0.2, 0.25) is 0 Å². The maximum atomic E-state index is 6.02. The smallest absolute Gasteiger partial charge is 0.164 e. The van der Waals surface area contributed by atoms with Crippen LogP contribution in [0.25, 0.3) is 152 Å². The predicted octanol–water partition coefficient (Wildman–Crippen LogP) is 27.0. The first-order valence-corrected chi connectivity index (χ1v) is 38.1. The summed E-state index contributed by atoms with van der Waals surface area (Å²) < 4.78 is 2.18. The lowest BCUT2D eigenvalue weighted by molar-refractivity contribution is 1.07. The van der Waals surface area contributed by atoms with Gasteiger partial charge in [-0.05, 0) is 158 Å². The zero-order chi connectivity index (χ0) is 77.1. The van der Waals surface area contributed by atoms with Crippen LogP contribution in [0.5, 0.6) is 0 Å². The van der Waals surface area contributed by atoms with E-state index < -0.39 is 0 Å². The molecular weight excluding hydrogens is 1500 g/mol. The van der Waals surface area contributed by atoms with Crippen LogP contribution < -0.4 is 0 Å². The number of aromatic nitrogens is 11. The van der Waals surface area contributed by atoms with Gasteiger partial charge in [0.1, 0.15) is 11.6 Å². The Morgan fingerprint density at radius 3 is 0.832 bits per heavy atom. The zero-order valence-corrected chi connectivity index (χ0v) is 64.2. The van der Waals surface area contributed by atoms with Crippen molar-refractivity contribution < 1.29 is 0 Å². The number of nitrogens with zero attached hydrogens (tertiary/aromatic N) is 10. The van der Waals surface area contributed by atoms with Gasteiger partial charge in [-0.1, -0.05) is 295 Å². The van der Waals surface area contributed by atoms with Crippen molar-refractivity contribution in [3.05, 3.63) is 419 Å². The Balaban J connectivity index is 0.000000112. The second kappa shape index (κ2) is 36.4. The third-order valence-corrected chi connectivity index (χ3v) is 19.2. The monoisotopic (exact) mass is 1560 g/mol. The lowest BCUT2D eigenvalue weighted by atomic mass is 10.1. The molecule has 16 heteroatoms. The summed E-state index contributed by atoms with van der Waals surface area (Å²) >= 11 is 29.9. The molecule has 0 saturated carbocycles. The van der Waals surface area contributed by atoms with E-state index in [0.29, 0.717) is 44.2 Å². The fraction of sp³-hybridized carbons (Fsp3) is 0. The molecule has 14 aromatic carbocycles. The Kier molecular flexibility index (Phi) is 24.2. The van der Waals surface area contributed by atoms with E-state index in [-0.39, 0.29) is 0 Å². The van der Waals surface area contributed by atoms with Crippen LogP contribution in [0.2, 0.25) is 25.1 Å². The van der Waals surface area contributed by atoms with Crippen molar-refractivity contribution >= 4 is 80.1 Å². The molecule has 19 rings (SSSR count). The standard InChI is InChI=1S/2C22H15ClN2.C21H14ClN3.C19H13ClN2.C13H9ClN2/c23-19-13-11-17(12-14-19)21-15-20(16-7-3-1-4-8-16)24-22(25-21)18-9-5-2-6-10-18;23-19-13-11-18(12-14-19)22-24-20(16-7-3-1-4-8-16)15-21(25-22)17-9-5-2-6-10-17;22-18-13-11-17(12-14-18)21-24-19(15-7-3-1-4-8-15)23-20(25-21)16-9-5-2-6-10-16;20-15-12-10-14(11-13-15)19-21-17-8-4-5-9-18(17)22(19)16-6-2-1-3-7-16;14-10-7-5-9(6-8-10)13-15-11-3-1-2-4-12(11)16-13/h2*1-15H;1-14H;1-13H;1-8H,(H,15,16). The third kappa shape index (κ3) is 19.3. The average molecular weight is 1560 g/mol. The molecule has 0 fully saturated rings. The highest BCUT2D eigenvalue weighted by Crippen LogP contribution is 2.34. The molecule has 1 N–H and O–H groups in total. The summed E-state index contributed by atoms with van der Waals surface area (Å²) in [6, 6.07) is 129. The number of imidazole rings is 2. The van der Waals surface area contributed by atoms with E-state index >= 15 is 0 Å². The number of H-pyrrole nitrogens is 1. The van der Waals surface area contributed by atoms with Crippen molar-refractivity contribution in [2.75, 3.05) is 0 Å². The molecule has 0 amide bonds. The van der Waals surface area contributed by atoms with Gasteiger partial charge in [-0.2, -0.15) is 0 Å². The lowest BCUT2D eigenvalue weighted by Crippen LogP contribution is -1.99. The van der Waals surface area contributed by atoms with E-state index in [9.17, 15) is 0 Å². The van der Waals surface area contributed by atoms with Crippen molar-refractivity contribution in [2.45, 2.75) is 0 Å². The normalized spacial score (nSPS) is 10.7.